The van der Waals surface area contributed by atoms with Crippen LogP contribution in [0.15, 0.2) is 24.4 Å². The number of anilines is 1. The number of fused-ring (bicyclic) bond motifs is 1. The van der Waals surface area contributed by atoms with E-state index < -0.39 is 5.54 Å². The molecule has 1 heterocycles. The van der Waals surface area contributed by atoms with E-state index in [-0.39, 0.29) is 5.91 Å². The number of hydrogen-bond donors (Lipinski definition) is 2. The average Bonchev–Trinajstić information content (AvgIpc) is 3.03. The number of hydrogen-bond acceptors (Lipinski definition) is 4. The highest BCUT2D eigenvalue weighted by Gasteiger charge is 2.43. The lowest BCUT2D eigenvalue weighted by atomic mass is 9.91. The summed E-state index contributed by atoms with van der Waals surface area (Å²) in [5.74, 6) is 0.575. The molecule has 0 aliphatic heterocycles. The molecular weight excluding hydrogens is 280 g/mol. The standard InChI is InChI=1S/C16H20N4O2/c1-10-13(9-18-20(10)2)19-15(21)16(17)8-7-11-12(16)5-4-6-14(11)22-3/h4-6,9H,7-8,17H2,1-3H3,(H,19,21). The third-order valence-electron chi connectivity index (χ3n) is 4.49. The first kappa shape index (κ1) is 14.6. The second kappa shape index (κ2) is 5.14. The van der Waals surface area contributed by atoms with Crippen LogP contribution in [0.3, 0.4) is 0 Å². The molecule has 0 saturated heterocycles. The summed E-state index contributed by atoms with van der Waals surface area (Å²) in [5.41, 5.74) is 8.85. The molecule has 1 aromatic carbocycles. The molecule has 3 rings (SSSR count). The molecule has 1 aromatic heterocycles. The molecule has 2 aromatic rings. The Bertz CT molecular complexity index is 738. The molecule has 3 N–H and O–H groups in total. The van der Waals surface area contributed by atoms with Gasteiger partial charge in [-0.15, -0.1) is 0 Å². The SMILES string of the molecule is COc1cccc2c1CCC2(N)C(=O)Nc1cnn(C)c1C. The monoisotopic (exact) mass is 300 g/mol. The highest BCUT2D eigenvalue weighted by molar-refractivity contribution is 5.99. The zero-order valence-electron chi connectivity index (χ0n) is 13.0. The third kappa shape index (κ3) is 2.07. The van der Waals surface area contributed by atoms with E-state index in [1.807, 2.05) is 32.2 Å². The summed E-state index contributed by atoms with van der Waals surface area (Å²) in [4.78, 5) is 12.7. The van der Waals surface area contributed by atoms with Crippen LogP contribution >= 0.6 is 0 Å². The van der Waals surface area contributed by atoms with E-state index in [2.05, 4.69) is 10.4 Å². The van der Waals surface area contributed by atoms with Crippen LogP contribution in [0.5, 0.6) is 5.75 Å². The minimum Gasteiger partial charge on any atom is -0.496 e. The maximum absolute atomic E-state index is 12.7. The van der Waals surface area contributed by atoms with Crippen molar-refractivity contribution in [2.45, 2.75) is 25.3 Å². The summed E-state index contributed by atoms with van der Waals surface area (Å²) in [6.07, 6.45) is 2.93. The van der Waals surface area contributed by atoms with E-state index in [4.69, 9.17) is 10.5 Å². The Morgan fingerprint density at radius 1 is 1.50 bits per heavy atom. The summed E-state index contributed by atoms with van der Waals surface area (Å²) in [6, 6.07) is 5.67. The van der Waals surface area contributed by atoms with Gasteiger partial charge in [-0.1, -0.05) is 12.1 Å². The molecule has 0 spiro atoms. The number of aryl methyl sites for hydroxylation is 1. The van der Waals surface area contributed by atoms with Gasteiger partial charge in [0.1, 0.15) is 11.3 Å². The van der Waals surface area contributed by atoms with Crippen molar-refractivity contribution in [2.24, 2.45) is 12.8 Å². The van der Waals surface area contributed by atoms with Crippen LogP contribution in [-0.4, -0.2) is 22.8 Å². The van der Waals surface area contributed by atoms with Crippen molar-refractivity contribution in [3.63, 3.8) is 0 Å². The van der Waals surface area contributed by atoms with Gasteiger partial charge in [0.25, 0.3) is 0 Å². The number of carbonyl (C=O) groups excluding carboxylic acids is 1. The molecule has 6 nitrogen and oxygen atoms in total. The van der Waals surface area contributed by atoms with Crippen LogP contribution in [0.25, 0.3) is 0 Å². The van der Waals surface area contributed by atoms with Crippen molar-refractivity contribution in [3.05, 3.63) is 41.2 Å². The van der Waals surface area contributed by atoms with Gasteiger partial charge in [-0.3, -0.25) is 9.48 Å². The average molecular weight is 300 g/mol. The van der Waals surface area contributed by atoms with Gasteiger partial charge in [-0.05, 0) is 37.0 Å². The van der Waals surface area contributed by atoms with Crippen molar-refractivity contribution >= 4 is 11.6 Å². The van der Waals surface area contributed by atoms with Gasteiger partial charge in [0.15, 0.2) is 0 Å². The van der Waals surface area contributed by atoms with Crippen molar-refractivity contribution < 1.29 is 9.53 Å². The number of aromatic nitrogens is 2. The zero-order valence-corrected chi connectivity index (χ0v) is 13.0. The molecule has 1 atom stereocenters. The molecular formula is C16H20N4O2. The number of carbonyl (C=O) groups is 1. The Labute approximate surface area is 129 Å². The quantitative estimate of drug-likeness (QED) is 0.899. The molecule has 0 saturated carbocycles. The summed E-state index contributed by atoms with van der Waals surface area (Å²) < 4.78 is 7.08. The van der Waals surface area contributed by atoms with E-state index in [1.54, 1.807) is 18.0 Å². The van der Waals surface area contributed by atoms with E-state index in [9.17, 15) is 4.79 Å². The molecule has 0 radical (unpaired) electrons. The van der Waals surface area contributed by atoms with Crippen molar-refractivity contribution in [2.75, 3.05) is 12.4 Å². The Kier molecular flexibility index (Phi) is 3.41. The van der Waals surface area contributed by atoms with Gasteiger partial charge < -0.3 is 15.8 Å². The smallest absolute Gasteiger partial charge is 0.249 e. The predicted octanol–water partition coefficient (Wildman–Crippen LogP) is 1.48. The number of rotatable bonds is 3. The van der Waals surface area contributed by atoms with Crippen molar-refractivity contribution in [1.82, 2.24) is 9.78 Å². The van der Waals surface area contributed by atoms with E-state index in [0.29, 0.717) is 12.1 Å². The fourth-order valence-corrected chi connectivity index (χ4v) is 2.98. The Balaban J connectivity index is 1.93. The maximum Gasteiger partial charge on any atom is 0.249 e. The summed E-state index contributed by atoms with van der Waals surface area (Å²) in [7, 11) is 3.46. The minimum atomic E-state index is -1.04. The lowest BCUT2D eigenvalue weighted by Crippen LogP contribution is -2.46. The molecule has 0 fully saturated rings. The zero-order chi connectivity index (χ0) is 15.9. The first-order valence-corrected chi connectivity index (χ1v) is 7.22. The van der Waals surface area contributed by atoms with Gasteiger partial charge in [-0.2, -0.15) is 5.10 Å². The van der Waals surface area contributed by atoms with Crippen LogP contribution in [-0.2, 0) is 23.8 Å². The highest BCUT2D eigenvalue weighted by Crippen LogP contribution is 2.40. The normalized spacial score (nSPS) is 19.8. The number of nitrogens with one attached hydrogen (secondary N) is 1. The fraction of sp³-hybridized carbons (Fsp3) is 0.375. The molecule has 1 unspecified atom stereocenters. The van der Waals surface area contributed by atoms with Crippen LogP contribution in [0.2, 0.25) is 0 Å². The number of ether oxygens (including phenoxy) is 1. The lowest BCUT2D eigenvalue weighted by Gasteiger charge is -2.24. The highest BCUT2D eigenvalue weighted by atomic mass is 16.5. The Morgan fingerprint density at radius 2 is 2.27 bits per heavy atom. The fourth-order valence-electron chi connectivity index (χ4n) is 2.98. The molecule has 1 amide bonds. The molecule has 22 heavy (non-hydrogen) atoms. The molecule has 6 heteroatoms. The molecule has 116 valence electrons. The third-order valence-corrected chi connectivity index (χ3v) is 4.49. The van der Waals surface area contributed by atoms with Crippen LogP contribution in [0.4, 0.5) is 5.69 Å². The first-order chi connectivity index (χ1) is 10.5. The number of nitrogens with zero attached hydrogens (tertiary/aromatic N) is 2. The number of nitrogens with two attached hydrogens (primary N) is 1. The van der Waals surface area contributed by atoms with Gasteiger partial charge in [-0.25, -0.2) is 0 Å². The number of benzene rings is 1. The Morgan fingerprint density at radius 3 is 2.91 bits per heavy atom. The topological polar surface area (TPSA) is 82.2 Å². The van der Waals surface area contributed by atoms with Gasteiger partial charge in [0.05, 0.1) is 24.7 Å². The van der Waals surface area contributed by atoms with Gasteiger partial charge in [0.2, 0.25) is 5.91 Å². The Hall–Kier alpha value is -2.34. The van der Waals surface area contributed by atoms with Gasteiger partial charge >= 0.3 is 0 Å². The van der Waals surface area contributed by atoms with Crippen molar-refractivity contribution in [3.8, 4) is 5.75 Å². The van der Waals surface area contributed by atoms with Crippen LogP contribution in [0, 0.1) is 6.92 Å². The largest absolute Gasteiger partial charge is 0.496 e. The second-order valence-electron chi connectivity index (χ2n) is 5.68. The second-order valence-corrected chi connectivity index (χ2v) is 5.68. The van der Waals surface area contributed by atoms with E-state index >= 15 is 0 Å². The number of amides is 1. The summed E-state index contributed by atoms with van der Waals surface area (Å²) in [5, 5.41) is 7.04. The van der Waals surface area contributed by atoms with Crippen molar-refractivity contribution in [1.29, 1.82) is 0 Å². The summed E-state index contributed by atoms with van der Waals surface area (Å²) >= 11 is 0. The minimum absolute atomic E-state index is 0.212. The predicted molar refractivity (Wildman–Crippen MR) is 83.8 cm³/mol. The maximum atomic E-state index is 12.7. The molecule has 1 aliphatic carbocycles. The van der Waals surface area contributed by atoms with E-state index in [0.717, 1.165) is 29.0 Å². The lowest BCUT2D eigenvalue weighted by molar-refractivity contribution is -0.121. The number of methoxy groups -OCH3 is 1. The van der Waals surface area contributed by atoms with Crippen LogP contribution in [0.1, 0.15) is 23.2 Å². The van der Waals surface area contributed by atoms with Crippen LogP contribution < -0.4 is 15.8 Å². The van der Waals surface area contributed by atoms with Gasteiger partial charge in [0, 0.05) is 7.05 Å². The molecule has 0 bridgehead atoms. The van der Waals surface area contributed by atoms with E-state index in [1.165, 1.54) is 0 Å². The summed E-state index contributed by atoms with van der Waals surface area (Å²) in [6.45, 7) is 1.90. The first-order valence-electron chi connectivity index (χ1n) is 7.22. The molecule has 1 aliphatic rings.